The molecule has 0 radical (unpaired) electrons. The third-order valence-electron chi connectivity index (χ3n) is 25.5. The van der Waals surface area contributed by atoms with E-state index in [9.17, 15) is 117 Å². The minimum atomic E-state index is -2.26. The highest BCUT2D eigenvalue weighted by Crippen LogP contribution is 2.40. The third kappa shape index (κ3) is 34.8. The summed E-state index contributed by atoms with van der Waals surface area (Å²) in [6.45, 7) is 0.882. The van der Waals surface area contributed by atoms with Crippen molar-refractivity contribution in [2.24, 2.45) is 0 Å². The number of nitrogens with one attached hydrogen (secondary N) is 3. The number of hydrogen-bond acceptors (Lipinski definition) is 37. The largest absolute Gasteiger partial charge is 0.394 e. The van der Waals surface area contributed by atoms with Gasteiger partial charge in [-0.1, -0.05) is 205 Å². The van der Waals surface area contributed by atoms with Gasteiger partial charge in [0.2, 0.25) is 17.7 Å². The first-order chi connectivity index (χ1) is 62.5. The van der Waals surface area contributed by atoms with Gasteiger partial charge in [-0.3, -0.25) is 14.4 Å². The third-order valence-corrected chi connectivity index (χ3v) is 25.5. The maximum absolute atomic E-state index is 13.7. The van der Waals surface area contributed by atoms with Gasteiger partial charge in [-0.2, -0.15) is 0 Å². The molecule has 3 amide bonds. The van der Waals surface area contributed by atoms with Crippen LogP contribution in [0.4, 0.5) is 0 Å². The molecule has 7 heterocycles. The van der Waals surface area contributed by atoms with Gasteiger partial charge in [0.15, 0.2) is 44.0 Å². The SMILES string of the molecule is CCCCCCCC/C=C\CCCCCCCCCCCCCCCC(=O)N[C@@H](CO[C@@H]1OC(CO)[C@@H](O[C@@H]2OC(CO)[C@H](O)[C@H](O[C@@H]3OC(CO)[C@@H](O[C@@H]4OC(CO)[C@H](O)[C@H](O[C@H]5OC(CO)[C@H](O)[C@H](O[C@@H]6OC(CO)[C@H](O)[C@H](O)C6O)C5NC(C)=O)C4O[C@H]4OC(C)[C@@H](O)C(O)[C@@H]4O)[C@H](O)C3NC(C)=O)C2O)[C@H](O)C1O)[C@H](O)/C=C/CCCCCCCCCCCCC. The highest BCUT2D eigenvalue weighted by Gasteiger charge is 2.60. The van der Waals surface area contributed by atoms with Gasteiger partial charge in [0.05, 0.1) is 64.5 Å². The predicted molar refractivity (Wildman–Crippen MR) is 462 cm³/mol. The minimum absolute atomic E-state index is 0.156. The Balaban J connectivity index is 1.01. The highest BCUT2D eigenvalue weighted by molar-refractivity contribution is 5.76. The average Bonchev–Trinajstić information content (AvgIpc) is 0.760. The Bertz CT molecular complexity index is 3110. The van der Waals surface area contributed by atoms with Crippen molar-refractivity contribution in [2.75, 3.05) is 46.2 Å². The predicted octanol–water partition coefficient (Wildman–Crippen LogP) is -0.675. The van der Waals surface area contributed by atoms with Gasteiger partial charge in [0.25, 0.3) is 0 Å². The first kappa shape index (κ1) is 114. The fourth-order valence-corrected chi connectivity index (χ4v) is 17.6. The molecule has 0 aromatic heterocycles. The number of rotatable bonds is 61. The molecule has 40 heteroatoms. The molecule has 758 valence electrons. The van der Waals surface area contributed by atoms with E-state index in [-0.39, 0.29) is 12.3 Å². The van der Waals surface area contributed by atoms with Crippen molar-refractivity contribution in [1.29, 1.82) is 0 Å². The molecule has 14 unspecified atom stereocenters. The second kappa shape index (κ2) is 61.1. The van der Waals surface area contributed by atoms with Crippen LogP contribution in [0.15, 0.2) is 24.3 Å². The van der Waals surface area contributed by atoms with E-state index in [1.54, 1.807) is 6.08 Å². The monoisotopic (exact) mass is 1880 g/mol. The van der Waals surface area contributed by atoms with E-state index < -0.39 is 285 Å². The van der Waals surface area contributed by atoms with Crippen molar-refractivity contribution < 1.29 is 183 Å². The van der Waals surface area contributed by atoms with Crippen molar-refractivity contribution in [3.05, 3.63) is 24.3 Å². The molecule has 7 saturated heterocycles. The molecule has 37 atom stereocenters. The minimum Gasteiger partial charge on any atom is -0.394 e. The number of unbranched alkanes of at least 4 members (excludes halogenated alkanes) is 30. The summed E-state index contributed by atoms with van der Waals surface area (Å²) in [6, 6.07) is -4.91. The number of amides is 3. The van der Waals surface area contributed by atoms with E-state index in [1.165, 1.54) is 148 Å². The number of allylic oxidation sites excluding steroid dienone is 3. The fraction of sp³-hybridized carbons (Fsp3) is 0.922. The van der Waals surface area contributed by atoms with Gasteiger partial charge in [0, 0.05) is 20.3 Å². The van der Waals surface area contributed by atoms with E-state index in [0.717, 1.165) is 71.6 Å². The molecule has 0 bridgehead atoms. The fourth-order valence-electron chi connectivity index (χ4n) is 17.6. The van der Waals surface area contributed by atoms with E-state index in [4.69, 9.17) is 66.3 Å². The molecule has 7 aliphatic heterocycles. The Hall–Kier alpha value is -3.47. The van der Waals surface area contributed by atoms with Crippen molar-refractivity contribution in [3.8, 4) is 0 Å². The first-order valence-electron chi connectivity index (χ1n) is 48.0. The molecular formula is C90H161N3O37. The van der Waals surface area contributed by atoms with Gasteiger partial charge in [-0.05, 0) is 51.9 Å². The maximum atomic E-state index is 13.7. The highest BCUT2D eigenvalue weighted by atomic mass is 16.8. The van der Waals surface area contributed by atoms with Crippen LogP contribution >= 0.6 is 0 Å². The Morgan fingerprint density at radius 2 is 0.654 bits per heavy atom. The van der Waals surface area contributed by atoms with E-state index in [0.29, 0.717) is 12.8 Å². The quantitative estimate of drug-likeness (QED) is 0.0265. The van der Waals surface area contributed by atoms with E-state index in [2.05, 4.69) is 41.9 Å². The lowest BCUT2D eigenvalue weighted by Gasteiger charge is -2.52. The molecule has 7 rings (SSSR count). The molecule has 0 aromatic rings. The van der Waals surface area contributed by atoms with Crippen LogP contribution in [0.25, 0.3) is 0 Å². The van der Waals surface area contributed by atoms with Crippen LogP contribution in [0.5, 0.6) is 0 Å². The number of aliphatic hydroxyl groups excluding tert-OH is 20. The first-order valence-corrected chi connectivity index (χ1v) is 48.0. The molecule has 23 N–H and O–H groups in total. The lowest BCUT2D eigenvalue weighted by atomic mass is 9.93. The van der Waals surface area contributed by atoms with Crippen molar-refractivity contribution >= 4 is 17.7 Å². The van der Waals surface area contributed by atoms with Crippen molar-refractivity contribution in [2.45, 2.75) is 480 Å². The number of aliphatic hydroxyl groups is 20. The van der Waals surface area contributed by atoms with Crippen LogP contribution in [-0.2, 0) is 80.7 Å². The number of hydrogen-bond donors (Lipinski definition) is 23. The molecule has 0 saturated carbocycles. The molecule has 130 heavy (non-hydrogen) atoms. The van der Waals surface area contributed by atoms with Gasteiger partial charge < -0.3 is 184 Å². The van der Waals surface area contributed by atoms with E-state index >= 15 is 0 Å². The second-order valence-corrected chi connectivity index (χ2v) is 35.9. The van der Waals surface area contributed by atoms with Crippen LogP contribution in [0, 0.1) is 0 Å². The zero-order chi connectivity index (χ0) is 94.9. The maximum Gasteiger partial charge on any atom is 0.220 e. The molecule has 7 fully saturated rings. The van der Waals surface area contributed by atoms with Crippen LogP contribution in [0.3, 0.4) is 0 Å². The average molecular weight is 1880 g/mol. The zero-order valence-electron chi connectivity index (χ0n) is 76.5. The Labute approximate surface area is 763 Å². The number of ether oxygens (including phenoxy) is 14. The molecule has 40 nitrogen and oxygen atoms in total. The Kier molecular flexibility index (Phi) is 53.3. The van der Waals surface area contributed by atoms with Gasteiger partial charge >= 0.3 is 0 Å². The van der Waals surface area contributed by atoms with Crippen LogP contribution in [0.2, 0.25) is 0 Å². The summed E-state index contributed by atoms with van der Waals surface area (Å²) in [5, 5.41) is 233. The molecular weight excluding hydrogens is 1710 g/mol. The van der Waals surface area contributed by atoms with Crippen LogP contribution in [0.1, 0.15) is 253 Å². The van der Waals surface area contributed by atoms with Crippen molar-refractivity contribution in [1.82, 2.24) is 16.0 Å². The van der Waals surface area contributed by atoms with E-state index in [1.807, 2.05) is 6.08 Å². The second-order valence-electron chi connectivity index (χ2n) is 35.9. The lowest BCUT2D eigenvalue weighted by Crippen LogP contribution is -2.71. The van der Waals surface area contributed by atoms with Gasteiger partial charge in [-0.25, -0.2) is 0 Å². The van der Waals surface area contributed by atoms with Crippen molar-refractivity contribution in [3.63, 3.8) is 0 Å². The Morgan fingerprint density at radius 3 is 1.15 bits per heavy atom. The summed E-state index contributed by atoms with van der Waals surface area (Å²) in [5.74, 6) is -2.18. The summed E-state index contributed by atoms with van der Waals surface area (Å²) >= 11 is 0. The van der Waals surface area contributed by atoms with Gasteiger partial charge in [-0.15, -0.1) is 0 Å². The number of carbonyl (C=O) groups is 3. The summed E-state index contributed by atoms with van der Waals surface area (Å²) < 4.78 is 84.8. The Morgan fingerprint density at radius 1 is 0.315 bits per heavy atom. The number of carbonyl (C=O) groups excluding carboxylic acids is 3. The summed E-state index contributed by atoms with van der Waals surface area (Å²) in [6.07, 6.45) is -20.4. The summed E-state index contributed by atoms with van der Waals surface area (Å²) in [4.78, 5) is 40.0. The smallest absolute Gasteiger partial charge is 0.220 e. The summed E-state index contributed by atoms with van der Waals surface area (Å²) in [7, 11) is 0. The topological polar surface area (TPSA) is 621 Å². The standard InChI is InChI=1S/C90H161N3O37/c1-6-8-10-12-14-16-18-20-21-22-23-24-25-26-27-28-29-31-33-35-37-39-41-43-62(103)93-54(55(102)42-40-38-36-34-32-30-19-17-15-13-11-9-7-2)50-117-86-76(115)73(112)79(61(49-99)124-86)125-89-77(116)81(68(107)58(46-96)121-89)128-84-63(91-52(4)100)70(109)78(60(48-98)123-84)126-90-83(130-87-74(113)71(110)65(104)51(3)118-87)82(69(108)59(47-97)122-90)129-85-64(92-53(5)101)80(67(106)57(45-95)119-85)127-88-75(114)72(111)66(105)56(44-94)120-88/h20-21,40,42,51,54-61,63-90,94-99,102,104-116H,6-19,22-39,41,43-50H2,1-5H3,(H,91,100)(H,92,101)(H,93,103)/b21-20-,42-40+/t51?,54-,55+,56?,57?,58?,59?,60?,61?,63?,64?,65+,66-,67-,68-,69-,70+,71?,72-,73+,74-,75?,76?,77?,78+,79+,80+,81-,82-,83?,84-,85+,86+,87+,88-,89-,90-/m0/s1. The zero-order valence-corrected chi connectivity index (χ0v) is 76.5. The molecule has 7 aliphatic rings. The lowest BCUT2D eigenvalue weighted by molar-refractivity contribution is -0.404. The van der Waals surface area contributed by atoms with Crippen LogP contribution < -0.4 is 16.0 Å². The molecule has 0 spiro atoms. The normalized spacial score (nSPS) is 37.3. The summed E-state index contributed by atoms with van der Waals surface area (Å²) in [5.41, 5.74) is 0. The molecule has 0 aromatic carbocycles. The molecule has 0 aliphatic carbocycles. The van der Waals surface area contributed by atoms with Crippen LogP contribution in [-0.4, -0.2) is 393 Å². The van der Waals surface area contributed by atoms with Gasteiger partial charge in [0.1, 0.15) is 165 Å².